The van der Waals surface area contributed by atoms with Gasteiger partial charge < -0.3 is 43.4 Å². The summed E-state index contributed by atoms with van der Waals surface area (Å²) in [6, 6.07) is -0.943. The van der Waals surface area contributed by atoms with Crippen molar-refractivity contribution >= 4 is 23.3 Å². The third kappa shape index (κ3) is 20.2. The molecule has 0 radical (unpaired) electrons. The number of nitrogens with zero attached hydrogens (tertiary/aromatic N) is 1. The first-order valence-corrected chi connectivity index (χ1v) is 27.5. The van der Waals surface area contributed by atoms with Gasteiger partial charge >= 0.3 is 12.3 Å². The minimum atomic E-state index is -4.77. The van der Waals surface area contributed by atoms with E-state index in [1.54, 1.807) is 34.0 Å². The van der Waals surface area contributed by atoms with Crippen LogP contribution in [0.15, 0.2) is 47.6 Å². The van der Waals surface area contributed by atoms with Crippen molar-refractivity contribution in [1.29, 1.82) is 0 Å². The fourth-order valence-corrected chi connectivity index (χ4v) is 11.0. The van der Waals surface area contributed by atoms with Crippen molar-refractivity contribution in [2.24, 2.45) is 35.5 Å². The molecule has 19 heteroatoms. The topological polar surface area (TPSA) is 195 Å². The van der Waals surface area contributed by atoms with Gasteiger partial charge in [0, 0.05) is 58.3 Å². The monoisotopic (exact) mass is 1090 g/mol. The third-order valence-electron chi connectivity index (χ3n) is 15.5. The summed E-state index contributed by atoms with van der Waals surface area (Å²) in [7, 11) is 3.01. The molecule has 0 aromatic rings. The summed E-state index contributed by atoms with van der Waals surface area (Å²) in [6.45, 7) is 13.7. The number of Topliss-reactive ketones (excluding diaryl/α,β-unsaturated/α-hetero) is 3. The zero-order chi connectivity index (χ0) is 56.2. The highest BCUT2D eigenvalue weighted by Crippen LogP contribution is 2.41. The molecule has 3 aliphatic heterocycles. The predicted octanol–water partition coefficient (Wildman–Crippen LogP) is 8.55. The Labute approximate surface area is 449 Å². The SMILES string of the molecule is CO[C@@H]1C[C@H](C[C@@H](C)[C@@H]2CC(=O)[C@H](C)/C=C(\C)[C@@H](O)[C@@H](OC)C(=O)[C@H](C)C[C@H](C)/C=C/C=C/C=C(\C)[C@@H](OCCOCCOC(F)(F)F)C[C@@H]3CC[C@@H](C)[C@](C(C)=O)(O3)ON3CCCC[C@H]3C(=O)O2)CC[C@H]1OCCO. The van der Waals surface area contributed by atoms with Gasteiger partial charge in [0.25, 0.3) is 0 Å². The molecule has 0 amide bonds. The molecule has 2 bridgehead atoms. The number of carbonyl (C=O) groups excluding carboxylic acids is 4. The highest BCUT2D eigenvalue weighted by molar-refractivity contribution is 5.87. The highest BCUT2D eigenvalue weighted by atomic mass is 19.4. The molecular weight excluding hydrogens is 996 g/mol. The summed E-state index contributed by atoms with van der Waals surface area (Å²) >= 11 is 0. The number of ketones is 3. The Hall–Kier alpha value is -3.21. The Kier molecular flexibility index (Phi) is 27.6. The van der Waals surface area contributed by atoms with Crippen molar-refractivity contribution in [2.45, 2.75) is 193 Å². The Balaban J connectivity index is 1.71. The summed E-state index contributed by atoms with van der Waals surface area (Å²) in [5, 5.41) is 22.5. The average molecular weight is 1090 g/mol. The predicted molar refractivity (Wildman–Crippen MR) is 277 cm³/mol. The van der Waals surface area contributed by atoms with E-state index in [0.29, 0.717) is 69.9 Å². The normalized spacial score (nSPS) is 36.5. The van der Waals surface area contributed by atoms with E-state index in [2.05, 4.69) is 4.74 Å². The van der Waals surface area contributed by atoms with E-state index in [4.69, 9.17) is 38.0 Å². The number of esters is 1. The fraction of sp³-hybridized carbons (Fsp3) is 0.789. The van der Waals surface area contributed by atoms with Crippen LogP contribution in [-0.4, -0.2) is 160 Å². The third-order valence-corrected chi connectivity index (χ3v) is 15.5. The number of cyclic esters (lactones) is 1. The molecule has 3 heterocycles. The van der Waals surface area contributed by atoms with Crippen molar-refractivity contribution in [1.82, 2.24) is 5.06 Å². The summed E-state index contributed by atoms with van der Waals surface area (Å²) < 4.78 is 83.6. The van der Waals surface area contributed by atoms with Crippen LogP contribution in [0.5, 0.6) is 0 Å². The zero-order valence-corrected chi connectivity index (χ0v) is 46.8. The van der Waals surface area contributed by atoms with E-state index in [9.17, 15) is 42.6 Å². The van der Waals surface area contributed by atoms with Gasteiger partial charge in [0.1, 0.15) is 30.1 Å². The van der Waals surface area contributed by atoms with Crippen molar-refractivity contribution in [3.63, 3.8) is 0 Å². The van der Waals surface area contributed by atoms with Crippen molar-refractivity contribution in [3.8, 4) is 0 Å². The lowest BCUT2D eigenvalue weighted by Gasteiger charge is -2.47. The molecule has 2 saturated heterocycles. The van der Waals surface area contributed by atoms with E-state index >= 15 is 0 Å². The Morgan fingerprint density at radius 2 is 1.61 bits per heavy atom. The molecule has 4 aliphatic rings. The molecule has 15 atom stereocenters. The van der Waals surface area contributed by atoms with Gasteiger partial charge in [-0.05, 0) is 107 Å². The van der Waals surface area contributed by atoms with E-state index in [1.807, 2.05) is 58.1 Å². The molecule has 2 N–H and O–H groups in total. The molecule has 1 saturated carbocycles. The Bertz CT molecular complexity index is 1940. The number of aliphatic hydroxyl groups excluding tert-OH is 2. The number of allylic oxidation sites excluding steroid dienone is 6. The van der Waals surface area contributed by atoms with Crippen molar-refractivity contribution < 1.29 is 85.3 Å². The standard InChI is InChI=1S/C57H90F3NO15/c1-36-16-12-11-13-17-37(2)49(72-28-26-70-27-29-73-57(58,59)60)34-45-21-19-42(7)56(75-45,43(8)63)76-61-23-15-14-18-46(61)55(67)74-50(39(4)32-44-20-22-48(71-25-24-62)51(33-44)68-9)35-47(64)38(3)31-41(6)53(66)54(69-10)52(65)40(5)30-36/h11-13,16-17,31,36,38-40,42,44-46,48-51,53-54,62,66H,14-15,18-30,32-35H2,1-10H3/b13-11+,16-12+,37-17+,41-31+/t36-,38-,39-,40-,42-,44+,45+,46+,48-,49+,50+,51-,53-,54+,56+/m1/s1. The number of aliphatic hydroxyl groups is 2. The van der Waals surface area contributed by atoms with Crippen LogP contribution < -0.4 is 0 Å². The molecule has 0 spiro atoms. The van der Waals surface area contributed by atoms with Gasteiger partial charge in [-0.2, -0.15) is 5.06 Å². The number of hydrogen-bond donors (Lipinski definition) is 2. The molecule has 4 rings (SSSR count). The van der Waals surface area contributed by atoms with Crippen LogP contribution in [0.4, 0.5) is 13.2 Å². The lowest BCUT2D eigenvalue weighted by atomic mass is 9.78. The van der Waals surface area contributed by atoms with E-state index in [-0.39, 0.29) is 93.2 Å². The number of piperidine rings is 1. The lowest BCUT2D eigenvalue weighted by Crippen LogP contribution is -2.60. The van der Waals surface area contributed by atoms with Gasteiger partial charge in [-0.1, -0.05) is 71.1 Å². The molecular formula is C57H90F3NO15. The lowest BCUT2D eigenvalue weighted by molar-refractivity contribution is -0.377. The fourth-order valence-electron chi connectivity index (χ4n) is 11.0. The molecule has 0 aromatic heterocycles. The van der Waals surface area contributed by atoms with E-state index in [1.165, 1.54) is 19.1 Å². The summed E-state index contributed by atoms with van der Waals surface area (Å²) in [4.78, 5) is 63.6. The second-order valence-corrected chi connectivity index (χ2v) is 21.6. The minimum absolute atomic E-state index is 0.0120. The van der Waals surface area contributed by atoms with Crippen molar-refractivity contribution in [3.05, 3.63) is 47.6 Å². The number of hydroxylamine groups is 2. The van der Waals surface area contributed by atoms with Gasteiger partial charge in [-0.15, -0.1) is 13.2 Å². The second-order valence-electron chi connectivity index (χ2n) is 21.6. The first kappa shape index (κ1) is 65.3. The maximum Gasteiger partial charge on any atom is 0.522 e. The van der Waals surface area contributed by atoms with Crippen molar-refractivity contribution in [2.75, 3.05) is 60.4 Å². The van der Waals surface area contributed by atoms with Crippen LogP contribution in [0.1, 0.15) is 132 Å². The number of rotatable bonds is 16. The number of hydrogen-bond acceptors (Lipinski definition) is 16. The van der Waals surface area contributed by atoms with Crippen LogP contribution in [0.2, 0.25) is 0 Å². The first-order chi connectivity index (χ1) is 36.0. The van der Waals surface area contributed by atoms with Gasteiger partial charge in [0.2, 0.25) is 5.79 Å². The number of methoxy groups -OCH3 is 2. The van der Waals surface area contributed by atoms with Crippen LogP contribution in [0.3, 0.4) is 0 Å². The minimum Gasteiger partial charge on any atom is -0.460 e. The maximum absolute atomic E-state index is 14.7. The zero-order valence-electron chi connectivity index (χ0n) is 46.8. The van der Waals surface area contributed by atoms with Gasteiger partial charge in [0.05, 0.1) is 64.1 Å². The quantitative estimate of drug-likeness (QED) is 0.0847. The molecule has 434 valence electrons. The smallest absolute Gasteiger partial charge is 0.460 e. The van der Waals surface area contributed by atoms with Crippen LogP contribution in [0, 0.1) is 35.5 Å². The molecule has 16 nitrogen and oxygen atoms in total. The average Bonchev–Trinajstić information content (AvgIpc) is 3.37. The van der Waals surface area contributed by atoms with Gasteiger partial charge in [-0.3, -0.25) is 28.8 Å². The van der Waals surface area contributed by atoms with Crippen LogP contribution in [0.25, 0.3) is 0 Å². The highest BCUT2D eigenvalue weighted by Gasteiger charge is 2.52. The van der Waals surface area contributed by atoms with Gasteiger partial charge in [0.15, 0.2) is 11.6 Å². The van der Waals surface area contributed by atoms with Gasteiger partial charge in [-0.25, -0.2) is 0 Å². The molecule has 76 heavy (non-hydrogen) atoms. The summed E-state index contributed by atoms with van der Waals surface area (Å²) in [5.41, 5.74) is 1.19. The Morgan fingerprint density at radius 1 is 0.868 bits per heavy atom. The maximum atomic E-state index is 14.7. The molecule has 0 unspecified atom stereocenters. The molecule has 1 aliphatic carbocycles. The largest absolute Gasteiger partial charge is 0.522 e. The number of halogens is 3. The first-order valence-electron chi connectivity index (χ1n) is 27.5. The summed E-state index contributed by atoms with van der Waals surface area (Å²) in [5.74, 6) is -5.11. The van der Waals surface area contributed by atoms with Crippen LogP contribution in [-0.2, 0) is 61.9 Å². The van der Waals surface area contributed by atoms with E-state index in [0.717, 1.165) is 12.0 Å². The summed E-state index contributed by atoms with van der Waals surface area (Å²) in [6.07, 6.45) is 7.55. The van der Waals surface area contributed by atoms with Crippen LogP contribution >= 0.6 is 0 Å². The number of fused-ring (bicyclic) bond motifs is 3. The van der Waals surface area contributed by atoms with E-state index < -0.39 is 79.0 Å². The second kappa shape index (κ2) is 32.1. The Morgan fingerprint density at radius 3 is 2.29 bits per heavy atom. The number of alkyl halides is 3. The number of carbonyl (C=O) groups is 4. The molecule has 0 aromatic carbocycles. The molecule has 3 fully saturated rings. The number of ether oxygens (including phenoxy) is 8.